The van der Waals surface area contributed by atoms with Gasteiger partial charge < -0.3 is 4.90 Å². The quantitative estimate of drug-likeness (QED) is 0.920. The van der Waals surface area contributed by atoms with E-state index in [4.69, 9.17) is 0 Å². The number of pyridine rings is 1. The zero-order chi connectivity index (χ0) is 17.2. The molecule has 1 aromatic carbocycles. The maximum Gasteiger partial charge on any atom is 0.266 e. The van der Waals surface area contributed by atoms with Crippen LogP contribution in [0.5, 0.6) is 0 Å². The van der Waals surface area contributed by atoms with Gasteiger partial charge in [-0.2, -0.15) is 0 Å². The van der Waals surface area contributed by atoms with Crippen LogP contribution in [0.3, 0.4) is 0 Å². The fraction of sp³-hybridized carbons (Fsp3) is 0.353. The Hall–Kier alpha value is -2.15. The fourth-order valence-corrected chi connectivity index (χ4v) is 4.25. The van der Waals surface area contributed by atoms with Gasteiger partial charge in [0.15, 0.2) is 0 Å². The number of halogens is 1. The van der Waals surface area contributed by atoms with Crippen molar-refractivity contribution in [3.05, 3.63) is 47.9 Å². The Morgan fingerprint density at radius 2 is 1.88 bits per heavy atom. The summed E-state index contributed by atoms with van der Waals surface area (Å²) in [5.41, 5.74) is 1.33. The van der Waals surface area contributed by atoms with Crippen molar-refractivity contribution >= 4 is 21.5 Å². The van der Waals surface area contributed by atoms with Crippen molar-refractivity contribution in [2.75, 3.05) is 22.7 Å². The second-order valence-corrected chi connectivity index (χ2v) is 7.56. The minimum absolute atomic E-state index is 0.179. The highest BCUT2D eigenvalue weighted by Crippen LogP contribution is 2.23. The second kappa shape index (κ2) is 6.76. The summed E-state index contributed by atoms with van der Waals surface area (Å²) in [5, 5.41) is 0. The Labute approximate surface area is 141 Å². The van der Waals surface area contributed by atoms with Crippen LogP contribution in [0.15, 0.2) is 41.4 Å². The molecule has 2 heterocycles. The molecule has 1 aromatic heterocycles. The number of nitrogens with one attached hydrogen (secondary N) is 1. The lowest BCUT2D eigenvalue weighted by molar-refractivity contribution is 0.568. The smallest absolute Gasteiger partial charge is 0.266 e. The van der Waals surface area contributed by atoms with E-state index < -0.39 is 15.8 Å². The van der Waals surface area contributed by atoms with Crippen LogP contribution in [-0.4, -0.2) is 26.5 Å². The van der Waals surface area contributed by atoms with Gasteiger partial charge in [0.25, 0.3) is 10.0 Å². The molecule has 1 saturated heterocycles. The van der Waals surface area contributed by atoms with E-state index >= 15 is 0 Å². The van der Waals surface area contributed by atoms with Crippen molar-refractivity contribution in [1.82, 2.24) is 4.98 Å². The summed E-state index contributed by atoms with van der Waals surface area (Å²) in [7, 11) is -4.01. The molecule has 24 heavy (non-hydrogen) atoms. The van der Waals surface area contributed by atoms with Gasteiger partial charge >= 0.3 is 0 Å². The van der Waals surface area contributed by atoms with Crippen molar-refractivity contribution in [2.45, 2.75) is 31.1 Å². The van der Waals surface area contributed by atoms with E-state index in [9.17, 15) is 12.8 Å². The zero-order valence-electron chi connectivity index (χ0n) is 13.5. The average Bonchev–Trinajstić information content (AvgIpc) is 2.55. The van der Waals surface area contributed by atoms with E-state index in [1.54, 1.807) is 25.3 Å². The minimum atomic E-state index is -4.01. The van der Waals surface area contributed by atoms with E-state index in [0.29, 0.717) is 5.56 Å². The molecule has 0 saturated carbocycles. The van der Waals surface area contributed by atoms with Crippen LogP contribution in [0.25, 0.3) is 0 Å². The summed E-state index contributed by atoms with van der Waals surface area (Å²) in [5.74, 6) is -0.592. The SMILES string of the molecule is Cc1cccc(F)c1S(=O)(=O)Nc1ccc(N2CCCCC2)cn1. The molecule has 0 amide bonds. The van der Waals surface area contributed by atoms with Gasteiger partial charge in [-0.05, 0) is 49.9 Å². The molecule has 1 N–H and O–H groups in total. The molecule has 0 radical (unpaired) electrons. The molecule has 2 aromatic rings. The first-order valence-corrected chi connectivity index (χ1v) is 9.44. The minimum Gasteiger partial charge on any atom is -0.370 e. The van der Waals surface area contributed by atoms with E-state index in [1.165, 1.54) is 12.5 Å². The van der Waals surface area contributed by atoms with Gasteiger partial charge in [0.2, 0.25) is 0 Å². The molecule has 0 unspecified atom stereocenters. The van der Waals surface area contributed by atoms with Crippen molar-refractivity contribution in [2.24, 2.45) is 0 Å². The van der Waals surface area contributed by atoms with Crippen LogP contribution in [0.4, 0.5) is 15.9 Å². The monoisotopic (exact) mass is 349 g/mol. The first-order valence-electron chi connectivity index (χ1n) is 7.96. The molecule has 3 rings (SSSR count). The molecule has 0 atom stereocenters. The molecule has 1 aliphatic heterocycles. The van der Waals surface area contributed by atoms with Crippen molar-refractivity contribution in [3.63, 3.8) is 0 Å². The highest BCUT2D eigenvalue weighted by molar-refractivity contribution is 7.92. The number of aromatic nitrogens is 1. The lowest BCUT2D eigenvalue weighted by Gasteiger charge is -2.28. The molecule has 1 aliphatic rings. The third-order valence-corrected chi connectivity index (χ3v) is 5.67. The third-order valence-electron chi connectivity index (χ3n) is 4.14. The molecule has 1 fully saturated rings. The Morgan fingerprint density at radius 3 is 2.50 bits per heavy atom. The summed E-state index contributed by atoms with van der Waals surface area (Å²) in [6.07, 6.45) is 5.20. The van der Waals surface area contributed by atoms with Crippen molar-refractivity contribution in [3.8, 4) is 0 Å². The van der Waals surface area contributed by atoms with Crippen LogP contribution in [0.2, 0.25) is 0 Å². The van der Waals surface area contributed by atoms with Crippen LogP contribution in [-0.2, 0) is 10.0 Å². The number of hydrogen-bond acceptors (Lipinski definition) is 4. The van der Waals surface area contributed by atoms with Crippen molar-refractivity contribution < 1.29 is 12.8 Å². The van der Waals surface area contributed by atoms with Gasteiger partial charge in [-0.1, -0.05) is 12.1 Å². The average molecular weight is 349 g/mol. The van der Waals surface area contributed by atoms with Gasteiger partial charge in [0, 0.05) is 13.1 Å². The van der Waals surface area contributed by atoms with Gasteiger partial charge in [0.05, 0.1) is 11.9 Å². The summed E-state index contributed by atoms with van der Waals surface area (Å²) in [6, 6.07) is 7.62. The Bertz CT molecular complexity index is 796. The molecule has 0 spiro atoms. The first-order chi connectivity index (χ1) is 11.5. The first kappa shape index (κ1) is 16.7. The number of aryl methyl sites for hydroxylation is 1. The highest BCUT2D eigenvalue weighted by atomic mass is 32.2. The topological polar surface area (TPSA) is 62.3 Å². The van der Waals surface area contributed by atoms with Gasteiger partial charge in [-0.15, -0.1) is 0 Å². The van der Waals surface area contributed by atoms with Crippen LogP contribution < -0.4 is 9.62 Å². The predicted molar refractivity (Wildman–Crippen MR) is 92.2 cm³/mol. The molecular formula is C17H20FN3O2S. The Morgan fingerprint density at radius 1 is 1.12 bits per heavy atom. The fourth-order valence-electron chi connectivity index (χ4n) is 2.93. The van der Waals surface area contributed by atoms with Crippen molar-refractivity contribution in [1.29, 1.82) is 0 Å². The van der Waals surface area contributed by atoms with E-state index in [2.05, 4.69) is 14.6 Å². The number of rotatable bonds is 4. The standard InChI is InChI=1S/C17H20FN3O2S/c1-13-6-5-7-15(18)17(13)24(22,23)20-16-9-8-14(12-19-16)21-10-3-2-4-11-21/h5-9,12H,2-4,10-11H2,1H3,(H,19,20). The summed E-state index contributed by atoms with van der Waals surface area (Å²) in [6.45, 7) is 3.53. The maximum atomic E-state index is 13.9. The van der Waals surface area contributed by atoms with Crippen LogP contribution >= 0.6 is 0 Å². The maximum absolute atomic E-state index is 13.9. The second-order valence-electron chi connectivity index (χ2n) is 5.94. The summed E-state index contributed by atoms with van der Waals surface area (Å²) >= 11 is 0. The van der Waals surface area contributed by atoms with E-state index in [-0.39, 0.29) is 10.7 Å². The number of piperidine rings is 1. The zero-order valence-corrected chi connectivity index (χ0v) is 14.3. The van der Waals surface area contributed by atoms with E-state index in [0.717, 1.165) is 37.7 Å². The number of anilines is 2. The lowest BCUT2D eigenvalue weighted by atomic mass is 10.1. The Balaban J connectivity index is 1.80. The number of sulfonamides is 1. The number of benzene rings is 1. The number of nitrogens with zero attached hydrogens (tertiary/aromatic N) is 2. The largest absolute Gasteiger partial charge is 0.370 e. The van der Waals surface area contributed by atoms with E-state index in [1.807, 2.05) is 6.07 Å². The molecule has 5 nitrogen and oxygen atoms in total. The summed E-state index contributed by atoms with van der Waals surface area (Å²) < 4.78 is 41.1. The predicted octanol–water partition coefficient (Wildman–Crippen LogP) is 3.32. The molecule has 0 bridgehead atoms. The third kappa shape index (κ3) is 3.51. The molecule has 7 heteroatoms. The van der Waals surface area contributed by atoms with Gasteiger partial charge in [-0.3, -0.25) is 4.72 Å². The van der Waals surface area contributed by atoms with Gasteiger partial charge in [-0.25, -0.2) is 17.8 Å². The summed E-state index contributed by atoms with van der Waals surface area (Å²) in [4.78, 5) is 6.06. The van der Waals surface area contributed by atoms with Crippen LogP contribution in [0, 0.1) is 12.7 Å². The molecule has 0 aliphatic carbocycles. The van der Waals surface area contributed by atoms with Gasteiger partial charge in [0.1, 0.15) is 16.5 Å². The lowest BCUT2D eigenvalue weighted by Crippen LogP contribution is -2.29. The molecule has 128 valence electrons. The highest BCUT2D eigenvalue weighted by Gasteiger charge is 2.22. The Kier molecular flexibility index (Phi) is 4.71. The molecular weight excluding hydrogens is 329 g/mol. The number of hydrogen-bond donors (Lipinski definition) is 1. The van der Waals surface area contributed by atoms with Crippen LogP contribution in [0.1, 0.15) is 24.8 Å². The normalized spacial score (nSPS) is 15.3.